The van der Waals surface area contributed by atoms with Gasteiger partial charge in [-0.2, -0.15) is 0 Å². The van der Waals surface area contributed by atoms with E-state index in [1.165, 1.54) is 18.4 Å². The largest absolute Gasteiger partial charge is 0.469 e. The molecule has 9 heteroatoms. The molecule has 3 aromatic rings. The van der Waals surface area contributed by atoms with Crippen LogP contribution in [0.5, 0.6) is 0 Å². The molecule has 0 aliphatic carbocycles. The van der Waals surface area contributed by atoms with Crippen molar-refractivity contribution in [3.63, 3.8) is 0 Å². The Kier molecular flexibility index (Phi) is 6.98. The van der Waals surface area contributed by atoms with Crippen LogP contribution in [0.15, 0.2) is 41.3 Å². The highest BCUT2D eigenvalue weighted by atomic mass is 35.5. The number of benzene rings is 2. The molecular formula is C21H19ClN2O4S2. The highest BCUT2D eigenvalue weighted by Crippen LogP contribution is 2.27. The zero-order chi connectivity index (χ0) is 21.7. The number of nitrogens with one attached hydrogen (secondary N) is 1. The Labute approximate surface area is 184 Å². The van der Waals surface area contributed by atoms with Gasteiger partial charge in [-0.05, 0) is 49.7 Å². The number of halogens is 1. The van der Waals surface area contributed by atoms with Crippen LogP contribution >= 0.6 is 22.9 Å². The number of rotatable bonds is 6. The van der Waals surface area contributed by atoms with Gasteiger partial charge in [0.15, 0.2) is 0 Å². The van der Waals surface area contributed by atoms with Crippen molar-refractivity contribution in [2.45, 2.75) is 31.1 Å². The molecule has 1 aromatic heterocycles. The Hall–Kier alpha value is -2.60. The second kappa shape index (κ2) is 9.47. The first-order chi connectivity index (χ1) is 14.3. The maximum absolute atomic E-state index is 12.9. The number of carbonyl (C=O) groups is 1. The minimum atomic E-state index is -3.84. The molecule has 3 rings (SSSR count). The maximum Gasteiger partial charge on any atom is 0.305 e. The molecule has 0 amide bonds. The first kappa shape index (κ1) is 22.1. The molecule has 0 saturated heterocycles. The molecule has 0 fully saturated rings. The van der Waals surface area contributed by atoms with Crippen molar-refractivity contribution in [1.82, 2.24) is 4.98 Å². The summed E-state index contributed by atoms with van der Waals surface area (Å²) in [6, 6.07) is 9.61. The van der Waals surface area contributed by atoms with E-state index in [0.717, 1.165) is 9.71 Å². The van der Waals surface area contributed by atoms with Crippen molar-refractivity contribution in [2.24, 2.45) is 0 Å². The van der Waals surface area contributed by atoms with Gasteiger partial charge in [-0.1, -0.05) is 23.4 Å². The number of anilines is 1. The van der Waals surface area contributed by atoms with Gasteiger partial charge in [0.25, 0.3) is 10.0 Å². The highest BCUT2D eigenvalue weighted by molar-refractivity contribution is 7.92. The van der Waals surface area contributed by atoms with Gasteiger partial charge < -0.3 is 4.74 Å². The summed E-state index contributed by atoms with van der Waals surface area (Å²) in [5, 5.41) is 1.31. The standard InChI is InChI=1S/C21H19ClN2O4S2/c1-14-23-19-13-17(9-11-20(19)29-14)30(26,27)24-18-10-8-16(22)12-15(18)6-4-3-5-7-21(25)28-2/h8-13,24H,3,5,7H2,1-2H3. The van der Waals surface area contributed by atoms with Crippen LogP contribution in [0.4, 0.5) is 5.69 Å². The second-order valence-corrected chi connectivity index (χ2v) is 9.74. The van der Waals surface area contributed by atoms with Crippen LogP contribution in [-0.2, 0) is 19.6 Å². The predicted octanol–water partition coefficient (Wildman–Crippen LogP) is 4.75. The molecule has 0 bridgehead atoms. The number of fused-ring (bicyclic) bond motifs is 1. The van der Waals surface area contributed by atoms with E-state index < -0.39 is 10.0 Å². The van der Waals surface area contributed by atoms with Crippen LogP contribution in [0.1, 0.15) is 29.8 Å². The number of aromatic nitrogens is 1. The van der Waals surface area contributed by atoms with E-state index in [-0.39, 0.29) is 17.3 Å². The Morgan fingerprint density at radius 2 is 2.07 bits per heavy atom. The topological polar surface area (TPSA) is 85.4 Å². The fourth-order valence-corrected chi connectivity index (χ4v) is 4.76. The molecular weight excluding hydrogens is 444 g/mol. The first-order valence-electron chi connectivity index (χ1n) is 9.04. The summed E-state index contributed by atoms with van der Waals surface area (Å²) >= 11 is 7.57. The van der Waals surface area contributed by atoms with Gasteiger partial charge >= 0.3 is 5.97 Å². The van der Waals surface area contributed by atoms with E-state index >= 15 is 0 Å². The van der Waals surface area contributed by atoms with E-state index in [0.29, 0.717) is 34.6 Å². The summed E-state index contributed by atoms with van der Waals surface area (Å²) in [4.78, 5) is 15.6. The number of unbranched alkanes of at least 4 members (excludes halogenated alkanes) is 1. The van der Waals surface area contributed by atoms with E-state index in [9.17, 15) is 13.2 Å². The van der Waals surface area contributed by atoms with Gasteiger partial charge in [-0.15, -0.1) is 11.3 Å². The highest BCUT2D eigenvalue weighted by Gasteiger charge is 2.17. The lowest BCUT2D eigenvalue weighted by Gasteiger charge is -2.10. The minimum Gasteiger partial charge on any atom is -0.469 e. The number of esters is 1. The number of thiazole rings is 1. The van der Waals surface area contributed by atoms with Gasteiger partial charge in [0.05, 0.1) is 38.5 Å². The van der Waals surface area contributed by atoms with Crippen molar-refractivity contribution >= 4 is 54.8 Å². The zero-order valence-corrected chi connectivity index (χ0v) is 18.7. The number of ether oxygens (including phenoxy) is 1. The minimum absolute atomic E-state index is 0.118. The van der Waals surface area contributed by atoms with E-state index in [1.807, 2.05) is 6.92 Å². The molecule has 1 N–H and O–H groups in total. The molecule has 0 unspecified atom stereocenters. The van der Waals surface area contributed by atoms with Crippen LogP contribution in [0, 0.1) is 18.8 Å². The zero-order valence-electron chi connectivity index (χ0n) is 16.4. The van der Waals surface area contributed by atoms with Gasteiger partial charge in [0.1, 0.15) is 0 Å². The molecule has 6 nitrogen and oxygen atoms in total. The molecule has 30 heavy (non-hydrogen) atoms. The van der Waals surface area contributed by atoms with Crippen LogP contribution in [0.2, 0.25) is 5.02 Å². The number of nitrogens with zero attached hydrogens (tertiary/aromatic N) is 1. The second-order valence-electron chi connectivity index (χ2n) is 6.39. The molecule has 0 saturated carbocycles. The molecule has 0 spiro atoms. The van der Waals surface area contributed by atoms with Gasteiger partial charge in [0, 0.05) is 17.9 Å². The molecule has 156 valence electrons. The Morgan fingerprint density at radius 1 is 1.27 bits per heavy atom. The van der Waals surface area contributed by atoms with Crippen LogP contribution < -0.4 is 4.72 Å². The van der Waals surface area contributed by atoms with E-state index in [2.05, 4.69) is 26.3 Å². The van der Waals surface area contributed by atoms with Crippen molar-refractivity contribution in [3.05, 3.63) is 52.0 Å². The quantitative estimate of drug-likeness (QED) is 0.324. The monoisotopic (exact) mass is 462 g/mol. The number of hydrogen-bond donors (Lipinski definition) is 1. The average molecular weight is 463 g/mol. The average Bonchev–Trinajstić information content (AvgIpc) is 3.08. The van der Waals surface area contributed by atoms with Crippen molar-refractivity contribution in [1.29, 1.82) is 0 Å². The number of methoxy groups -OCH3 is 1. The van der Waals surface area contributed by atoms with E-state index in [4.69, 9.17) is 11.6 Å². The fourth-order valence-electron chi connectivity index (χ4n) is 2.68. The van der Waals surface area contributed by atoms with Crippen molar-refractivity contribution in [2.75, 3.05) is 11.8 Å². The maximum atomic E-state index is 12.9. The number of sulfonamides is 1. The summed E-state index contributed by atoms with van der Waals surface area (Å²) in [7, 11) is -2.50. The normalized spacial score (nSPS) is 11.0. The summed E-state index contributed by atoms with van der Waals surface area (Å²) in [5.41, 5.74) is 1.42. The fraction of sp³-hybridized carbons (Fsp3) is 0.238. The summed E-state index contributed by atoms with van der Waals surface area (Å²) in [6.45, 7) is 1.88. The lowest BCUT2D eigenvalue weighted by molar-refractivity contribution is -0.140. The van der Waals surface area contributed by atoms with Crippen molar-refractivity contribution < 1.29 is 17.9 Å². The third-order valence-electron chi connectivity index (χ3n) is 4.14. The number of carbonyl (C=O) groups excluding carboxylic acids is 1. The summed E-state index contributed by atoms with van der Waals surface area (Å²) in [5.74, 6) is 5.58. The van der Waals surface area contributed by atoms with Crippen LogP contribution in [0.25, 0.3) is 10.2 Å². The lowest BCUT2D eigenvalue weighted by atomic mass is 10.1. The Morgan fingerprint density at radius 3 is 2.83 bits per heavy atom. The Bertz CT molecular complexity index is 1260. The summed E-state index contributed by atoms with van der Waals surface area (Å²) in [6.07, 6.45) is 1.29. The SMILES string of the molecule is COC(=O)CCCC#Cc1cc(Cl)ccc1NS(=O)(=O)c1ccc2sc(C)nc2c1. The van der Waals surface area contributed by atoms with E-state index in [1.54, 1.807) is 36.4 Å². The lowest BCUT2D eigenvalue weighted by Crippen LogP contribution is -2.13. The van der Waals surface area contributed by atoms with Crippen LogP contribution in [-0.4, -0.2) is 26.5 Å². The Balaban J connectivity index is 1.82. The molecule has 0 aliphatic rings. The van der Waals surface area contributed by atoms with Gasteiger partial charge in [0.2, 0.25) is 0 Å². The van der Waals surface area contributed by atoms with Gasteiger partial charge in [-0.25, -0.2) is 13.4 Å². The van der Waals surface area contributed by atoms with Gasteiger partial charge in [-0.3, -0.25) is 9.52 Å². The predicted molar refractivity (Wildman–Crippen MR) is 119 cm³/mol. The molecule has 2 aromatic carbocycles. The third-order valence-corrected chi connectivity index (χ3v) is 6.69. The first-order valence-corrected chi connectivity index (χ1v) is 11.7. The molecule has 0 aliphatic heterocycles. The summed E-state index contributed by atoms with van der Waals surface area (Å²) < 4.78 is 33.9. The van der Waals surface area contributed by atoms with Crippen LogP contribution in [0.3, 0.4) is 0 Å². The number of hydrogen-bond acceptors (Lipinski definition) is 6. The third kappa shape index (κ3) is 5.51. The molecule has 1 heterocycles. The smallest absolute Gasteiger partial charge is 0.305 e. The molecule has 0 atom stereocenters. The molecule has 0 radical (unpaired) electrons. The number of aryl methyl sites for hydroxylation is 1. The van der Waals surface area contributed by atoms with Crippen molar-refractivity contribution in [3.8, 4) is 11.8 Å².